The normalized spacial score (nSPS) is 17.4. The number of rotatable bonds is 8. The van der Waals surface area contributed by atoms with E-state index in [2.05, 4.69) is 24.1 Å². The Morgan fingerprint density at radius 1 is 1.21 bits per heavy atom. The number of hydrogen-bond donors (Lipinski definition) is 1. The van der Waals surface area contributed by atoms with Crippen molar-refractivity contribution in [3.63, 3.8) is 0 Å². The van der Waals surface area contributed by atoms with Crippen LogP contribution in [0, 0.1) is 5.92 Å². The molecule has 1 aliphatic rings. The first kappa shape index (κ1) is 12.0. The van der Waals surface area contributed by atoms with Crippen LogP contribution in [0.3, 0.4) is 0 Å². The molecule has 0 bridgehead atoms. The Morgan fingerprint density at radius 3 is 2.50 bits per heavy atom. The van der Waals surface area contributed by atoms with E-state index in [0.717, 1.165) is 12.5 Å². The Morgan fingerprint density at radius 2 is 2.00 bits per heavy atom. The second-order valence-electron chi connectivity index (χ2n) is 4.44. The van der Waals surface area contributed by atoms with Crippen LogP contribution in [-0.4, -0.2) is 37.6 Å². The summed E-state index contributed by atoms with van der Waals surface area (Å²) in [5.74, 6) is 1.01. The summed E-state index contributed by atoms with van der Waals surface area (Å²) in [7, 11) is 0. The van der Waals surface area contributed by atoms with E-state index < -0.39 is 0 Å². The van der Waals surface area contributed by atoms with Gasteiger partial charge in [0, 0.05) is 19.6 Å². The van der Waals surface area contributed by atoms with E-state index in [-0.39, 0.29) is 0 Å². The van der Waals surface area contributed by atoms with Gasteiger partial charge in [-0.2, -0.15) is 0 Å². The fourth-order valence-corrected chi connectivity index (χ4v) is 1.96. The zero-order valence-electron chi connectivity index (χ0n) is 9.89. The maximum atomic E-state index is 3.47. The molecule has 0 aromatic carbocycles. The number of hydrogen-bond acceptors (Lipinski definition) is 2. The summed E-state index contributed by atoms with van der Waals surface area (Å²) in [5, 5.41) is 3.47. The van der Waals surface area contributed by atoms with Crippen molar-refractivity contribution in [1.29, 1.82) is 0 Å². The van der Waals surface area contributed by atoms with Crippen LogP contribution in [0.5, 0.6) is 0 Å². The number of nitrogens with zero attached hydrogens (tertiary/aromatic N) is 1. The van der Waals surface area contributed by atoms with E-state index in [9.17, 15) is 0 Å². The quantitative estimate of drug-likeness (QED) is 0.601. The maximum Gasteiger partial charge on any atom is 0.0107 e. The summed E-state index contributed by atoms with van der Waals surface area (Å²) < 4.78 is 0. The van der Waals surface area contributed by atoms with E-state index in [4.69, 9.17) is 0 Å². The van der Waals surface area contributed by atoms with Crippen molar-refractivity contribution in [2.24, 2.45) is 5.92 Å². The lowest BCUT2D eigenvalue weighted by Crippen LogP contribution is -2.37. The van der Waals surface area contributed by atoms with E-state index in [1.165, 1.54) is 51.9 Å². The summed E-state index contributed by atoms with van der Waals surface area (Å²) in [6.07, 6.45) is 5.66. The van der Waals surface area contributed by atoms with Crippen LogP contribution in [0.1, 0.15) is 39.5 Å². The monoisotopic (exact) mass is 198 g/mol. The van der Waals surface area contributed by atoms with Crippen molar-refractivity contribution < 1.29 is 0 Å². The first-order valence-electron chi connectivity index (χ1n) is 6.29. The van der Waals surface area contributed by atoms with Crippen LogP contribution in [0.15, 0.2) is 0 Å². The van der Waals surface area contributed by atoms with Crippen molar-refractivity contribution >= 4 is 0 Å². The van der Waals surface area contributed by atoms with Gasteiger partial charge in [-0.15, -0.1) is 0 Å². The highest BCUT2D eigenvalue weighted by Crippen LogP contribution is 2.26. The third-order valence-electron chi connectivity index (χ3n) is 3.22. The molecule has 1 rings (SSSR count). The van der Waals surface area contributed by atoms with Gasteiger partial charge >= 0.3 is 0 Å². The molecular formula is C12H26N2. The molecule has 0 spiro atoms. The number of likely N-dealkylation sites (N-methyl/N-ethyl adjacent to an activating group) is 1. The lowest BCUT2D eigenvalue weighted by atomic mass is 9.85. The highest BCUT2D eigenvalue weighted by molar-refractivity contribution is 4.73. The van der Waals surface area contributed by atoms with Crippen molar-refractivity contribution in [3.05, 3.63) is 0 Å². The van der Waals surface area contributed by atoms with Gasteiger partial charge in [0.25, 0.3) is 0 Å². The van der Waals surface area contributed by atoms with Gasteiger partial charge in [-0.05, 0) is 38.3 Å². The molecule has 1 fully saturated rings. The van der Waals surface area contributed by atoms with E-state index >= 15 is 0 Å². The predicted octanol–water partition coefficient (Wildman–Crippen LogP) is 2.11. The molecule has 0 unspecified atom stereocenters. The van der Waals surface area contributed by atoms with Crippen molar-refractivity contribution in [2.75, 3.05) is 32.7 Å². The molecule has 84 valence electrons. The van der Waals surface area contributed by atoms with Gasteiger partial charge < -0.3 is 10.2 Å². The van der Waals surface area contributed by atoms with Crippen LogP contribution in [0.25, 0.3) is 0 Å². The summed E-state index contributed by atoms with van der Waals surface area (Å²) >= 11 is 0. The molecular weight excluding hydrogens is 172 g/mol. The van der Waals surface area contributed by atoms with Gasteiger partial charge in [-0.3, -0.25) is 0 Å². The van der Waals surface area contributed by atoms with Crippen LogP contribution < -0.4 is 5.32 Å². The van der Waals surface area contributed by atoms with Crippen LogP contribution >= 0.6 is 0 Å². The van der Waals surface area contributed by atoms with Crippen LogP contribution in [-0.2, 0) is 0 Å². The van der Waals surface area contributed by atoms with Gasteiger partial charge in [-0.1, -0.05) is 20.3 Å². The SMILES string of the molecule is CCCNCCN(CC)CC1CCC1. The summed E-state index contributed by atoms with van der Waals surface area (Å²) in [4.78, 5) is 2.59. The molecule has 2 nitrogen and oxygen atoms in total. The van der Waals surface area contributed by atoms with Gasteiger partial charge in [-0.25, -0.2) is 0 Å². The van der Waals surface area contributed by atoms with Crippen LogP contribution in [0.2, 0.25) is 0 Å². The first-order valence-corrected chi connectivity index (χ1v) is 6.29. The number of nitrogens with one attached hydrogen (secondary N) is 1. The summed E-state index contributed by atoms with van der Waals surface area (Å²) in [6, 6.07) is 0. The highest BCUT2D eigenvalue weighted by atomic mass is 15.1. The molecule has 14 heavy (non-hydrogen) atoms. The average Bonchev–Trinajstić information content (AvgIpc) is 2.14. The molecule has 0 saturated heterocycles. The van der Waals surface area contributed by atoms with Gasteiger partial charge in [0.05, 0.1) is 0 Å². The molecule has 0 aromatic rings. The third-order valence-corrected chi connectivity index (χ3v) is 3.22. The Labute approximate surface area is 89.1 Å². The van der Waals surface area contributed by atoms with Gasteiger partial charge in [0.15, 0.2) is 0 Å². The molecule has 1 saturated carbocycles. The first-order chi connectivity index (χ1) is 6.86. The lowest BCUT2D eigenvalue weighted by Gasteiger charge is -2.31. The predicted molar refractivity (Wildman–Crippen MR) is 62.6 cm³/mol. The summed E-state index contributed by atoms with van der Waals surface area (Å²) in [5.41, 5.74) is 0. The third kappa shape index (κ3) is 4.43. The lowest BCUT2D eigenvalue weighted by molar-refractivity contribution is 0.184. The molecule has 0 heterocycles. The van der Waals surface area contributed by atoms with Crippen molar-refractivity contribution in [3.8, 4) is 0 Å². The average molecular weight is 198 g/mol. The fraction of sp³-hybridized carbons (Fsp3) is 1.00. The molecule has 0 amide bonds. The largest absolute Gasteiger partial charge is 0.315 e. The zero-order chi connectivity index (χ0) is 10.2. The molecule has 0 aromatic heterocycles. The second-order valence-corrected chi connectivity index (χ2v) is 4.44. The minimum atomic E-state index is 1.01. The smallest absolute Gasteiger partial charge is 0.0107 e. The maximum absolute atomic E-state index is 3.47. The minimum Gasteiger partial charge on any atom is -0.315 e. The Hall–Kier alpha value is -0.0800. The van der Waals surface area contributed by atoms with Crippen molar-refractivity contribution in [2.45, 2.75) is 39.5 Å². The molecule has 0 radical (unpaired) electrons. The Balaban J connectivity index is 1.99. The van der Waals surface area contributed by atoms with Crippen molar-refractivity contribution in [1.82, 2.24) is 10.2 Å². The molecule has 2 heteroatoms. The standard InChI is InChI=1S/C12H26N2/c1-3-8-13-9-10-14(4-2)11-12-6-5-7-12/h12-13H,3-11H2,1-2H3. The zero-order valence-corrected chi connectivity index (χ0v) is 9.89. The second kappa shape index (κ2) is 7.24. The Kier molecular flexibility index (Phi) is 6.20. The summed E-state index contributed by atoms with van der Waals surface area (Å²) in [6.45, 7) is 10.6. The van der Waals surface area contributed by atoms with Crippen LogP contribution in [0.4, 0.5) is 0 Å². The molecule has 1 aliphatic carbocycles. The van der Waals surface area contributed by atoms with E-state index in [1.807, 2.05) is 0 Å². The topological polar surface area (TPSA) is 15.3 Å². The minimum absolute atomic E-state index is 1.01. The fourth-order valence-electron chi connectivity index (χ4n) is 1.96. The highest BCUT2D eigenvalue weighted by Gasteiger charge is 2.19. The Bertz CT molecular complexity index is 132. The van der Waals surface area contributed by atoms with E-state index in [0.29, 0.717) is 0 Å². The molecule has 1 N–H and O–H groups in total. The van der Waals surface area contributed by atoms with E-state index in [1.54, 1.807) is 0 Å². The molecule has 0 atom stereocenters. The molecule has 0 aliphatic heterocycles. The van der Waals surface area contributed by atoms with Gasteiger partial charge in [0.2, 0.25) is 0 Å². The van der Waals surface area contributed by atoms with Gasteiger partial charge in [0.1, 0.15) is 0 Å².